The van der Waals surface area contributed by atoms with Gasteiger partial charge in [-0.25, -0.2) is 4.79 Å². The summed E-state index contributed by atoms with van der Waals surface area (Å²) in [6.07, 6.45) is 1.70. The summed E-state index contributed by atoms with van der Waals surface area (Å²) in [5.74, 6) is -4.37. The van der Waals surface area contributed by atoms with Gasteiger partial charge in [0, 0.05) is 17.5 Å². The molecule has 0 saturated carbocycles. The van der Waals surface area contributed by atoms with E-state index in [1.165, 1.54) is 12.1 Å². The number of hydrogen-bond acceptors (Lipinski definition) is 7. The smallest absolute Gasteiger partial charge is 0.338 e. The number of imide groups is 1. The van der Waals surface area contributed by atoms with E-state index in [0.717, 1.165) is 40.0 Å². The van der Waals surface area contributed by atoms with Crippen LogP contribution in [0, 0.1) is 11.8 Å². The van der Waals surface area contributed by atoms with Gasteiger partial charge in [-0.2, -0.15) is 0 Å². The van der Waals surface area contributed by atoms with Gasteiger partial charge < -0.3 is 14.8 Å². The fourth-order valence-corrected chi connectivity index (χ4v) is 6.49. The van der Waals surface area contributed by atoms with Crippen molar-refractivity contribution < 1.29 is 33.4 Å². The molecule has 214 valence electrons. The quantitative estimate of drug-likeness (QED) is 0.236. The molecule has 3 aromatic rings. The summed E-state index contributed by atoms with van der Waals surface area (Å²) < 4.78 is 10.3. The third-order valence-electron chi connectivity index (χ3n) is 8.33. The summed E-state index contributed by atoms with van der Waals surface area (Å²) in [6.45, 7) is 1.20. The number of ether oxygens (including phenoxy) is 2. The van der Waals surface area contributed by atoms with Crippen LogP contribution in [0.4, 0.5) is 5.69 Å². The lowest BCUT2D eigenvalue weighted by Crippen LogP contribution is -2.41. The Balaban J connectivity index is 1.07. The number of carbonyl (C=O) groups excluding carboxylic acids is 5. The average molecular weight is 567 g/mol. The van der Waals surface area contributed by atoms with E-state index >= 15 is 0 Å². The molecule has 0 radical (unpaired) electrons. The first-order valence-corrected chi connectivity index (χ1v) is 14.1. The van der Waals surface area contributed by atoms with Crippen LogP contribution in [0.3, 0.4) is 0 Å². The Morgan fingerprint density at radius 1 is 0.762 bits per heavy atom. The SMILES string of the molecule is CCCCOC(=O)c1ccc(NC(=O)COC(=O)CN2C(=O)[C@H]3C4c5ccccc5C(c5ccccc54)[C@@H]3C2=O)cc1. The Kier molecular flexibility index (Phi) is 7.33. The largest absolute Gasteiger partial charge is 0.462 e. The molecule has 7 rings (SSSR count). The number of hydrogen-bond donors (Lipinski definition) is 1. The number of nitrogens with zero attached hydrogens (tertiary/aromatic N) is 1. The molecule has 1 heterocycles. The van der Waals surface area contributed by atoms with E-state index in [-0.39, 0.29) is 11.8 Å². The molecule has 1 saturated heterocycles. The average Bonchev–Trinajstić information content (AvgIpc) is 3.26. The first-order chi connectivity index (χ1) is 20.4. The zero-order valence-corrected chi connectivity index (χ0v) is 23.1. The molecule has 4 aliphatic rings. The van der Waals surface area contributed by atoms with Crippen LogP contribution in [-0.4, -0.2) is 54.3 Å². The number of esters is 2. The number of amides is 3. The van der Waals surface area contributed by atoms with Crippen molar-refractivity contribution in [2.45, 2.75) is 31.6 Å². The van der Waals surface area contributed by atoms with E-state index in [4.69, 9.17) is 9.47 Å². The van der Waals surface area contributed by atoms with Gasteiger partial charge in [0.05, 0.1) is 24.0 Å². The van der Waals surface area contributed by atoms with Crippen molar-refractivity contribution in [1.82, 2.24) is 4.90 Å². The van der Waals surface area contributed by atoms with Crippen LogP contribution < -0.4 is 5.32 Å². The Morgan fingerprint density at radius 2 is 1.29 bits per heavy atom. The summed E-state index contributed by atoms with van der Waals surface area (Å²) in [6, 6.07) is 22.0. The molecule has 0 aromatic heterocycles. The maximum absolute atomic E-state index is 13.6. The van der Waals surface area contributed by atoms with E-state index in [9.17, 15) is 24.0 Å². The minimum atomic E-state index is -0.849. The molecule has 3 aliphatic carbocycles. The van der Waals surface area contributed by atoms with Crippen molar-refractivity contribution in [1.29, 1.82) is 0 Å². The molecule has 1 aliphatic heterocycles. The lowest BCUT2D eigenvalue weighted by molar-refractivity contribution is -0.154. The van der Waals surface area contributed by atoms with Gasteiger partial charge in [-0.3, -0.25) is 24.1 Å². The molecule has 1 fully saturated rings. The number of anilines is 1. The Bertz CT molecular complexity index is 1470. The van der Waals surface area contributed by atoms with E-state index < -0.39 is 54.6 Å². The molecule has 9 heteroatoms. The van der Waals surface area contributed by atoms with Crippen molar-refractivity contribution in [3.8, 4) is 0 Å². The Morgan fingerprint density at radius 3 is 1.79 bits per heavy atom. The van der Waals surface area contributed by atoms with Crippen molar-refractivity contribution in [2.75, 3.05) is 25.1 Å². The summed E-state index contributed by atoms with van der Waals surface area (Å²) in [5, 5.41) is 2.59. The summed E-state index contributed by atoms with van der Waals surface area (Å²) in [7, 11) is 0. The molecule has 1 N–H and O–H groups in total. The molecule has 2 bridgehead atoms. The van der Waals surface area contributed by atoms with Crippen molar-refractivity contribution in [2.24, 2.45) is 11.8 Å². The monoisotopic (exact) mass is 566 g/mol. The number of unbranched alkanes of at least 4 members (excludes halogenated alkanes) is 1. The third kappa shape index (κ3) is 4.74. The van der Waals surface area contributed by atoms with Gasteiger partial charge >= 0.3 is 11.9 Å². The maximum Gasteiger partial charge on any atom is 0.338 e. The van der Waals surface area contributed by atoms with Crippen LogP contribution in [0.2, 0.25) is 0 Å². The Labute approximate surface area is 242 Å². The van der Waals surface area contributed by atoms with Crippen LogP contribution >= 0.6 is 0 Å². The number of carbonyl (C=O) groups is 5. The van der Waals surface area contributed by atoms with Gasteiger partial charge in [0.15, 0.2) is 6.61 Å². The van der Waals surface area contributed by atoms with Gasteiger partial charge in [0.25, 0.3) is 5.91 Å². The van der Waals surface area contributed by atoms with E-state index in [1.807, 2.05) is 55.5 Å². The van der Waals surface area contributed by atoms with Crippen molar-refractivity contribution in [3.05, 3.63) is 101 Å². The summed E-state index contributed by atoms with van der Waals surface area (Å²) in [4.78, 5) is 65.3. The van der Waals surface area contributed by atoms with Crippen LogP contribution in [0.15, 0.2) is 72.8 Å². The predicted molar refractivity (Wildman–Crippen MR) is 151 cm³/mol. The predicted octanol–water partition coefficient (Wildman–Crippen LogP) is 4.02. The first kappa shape index (κ1) is 27.4. The highest BCUT2D eigenvalue weighted by Crippen LogP contribution is 2.60. The van der Waals surface area contributed by atoms with Crippen LogP contribution in [0.25, 0.3) is 0 Å². The van der Waals surface area contributed by atoms with Gasteiger partial charge in [0.1, 0.15) is 6.54 Å². The highest BCUT2D eigenvalue weighted by molar-refractivity contribution is 6.09. The molecule has 3 amide bonds. The van der Waals surface area contributed by atoms with E-state index in [0.29, 0.717) is 17.9 Å². The fourth-order valence-electron chi connectivity index (χ4n) is 6.49. The van der Waals surface area contributed by atoms with Gasteiger partial charge in [-0.05, 0) is 52.9 Å². The maximum atomic E-state index is 13.6. The van der Waals surface area contributed by atoms with Gasteiger partial charge in [0.2, 0.25) is 11.8 Å². The number of benzene rings is 3. The van der Waals surface area contributed by atoms with Crippen molar-refractivity contribution >= 4 is 35.3 Å². The number of likely N-dealkylation sites (tertiary alicyclic amines) is 1. The first-order valence-electron chi connectivity index (χ1n) is 14.1. The van der Waals surface area contributed by atoms with Crippen molar-refractivity contribution in [3.63, 3.8) is 0 Å². The standard InChI is InChI=1S/C33H30N2O7/c1-2-3-16-41-33(40)19-12-14-20(15-13-19)34-25(36)18-42-26(37)17-35-31(38)29-27-21-8-4-5-9-22(21)28(30(29)32(35)39)24-11-7-6-10-23(24)27/h4-15,27-30H,2-3,16-18H2,1H3,(H,34,36)/t27?,28?,29-,30-/m0/s1. The number of nitrogens with one attached hydrogen (secondary N) is 1. The van der Waals surface area contributed by atoms with Crippen LogP contribution in [-0.2, 0) is 28.7 Å². The highest BCUT2D eigenvalue weighted by atomic mass is 16.5. The molecule has 2 atom stereocenters. The summed E-state index contributed by atoms with van der Waals surface area (Å²) >= 11 is 0. The lowest BCUT2D eigenvalue weighted by Gasteiger charge is -2.45. The number of rotatable bonds is 9. The normalized spacial score (nSPS) is 21.3. The third-order valence-corrected chi connectivity index (χ3v) is 8.33. The molecular weight excluding hydrogens is 536 g/mol. The molecule has 0 unspecified atom stereocenters. The second-order valence-corrected chi connectivity index (χ2v) is 10.8. The fraction of sp³-hybridized carbons (Fsp3) is 0.303. The van der Waals surface area contributed by atoms with Gasteiger partial charge in [-0.15, -0.1) is 0 Å². The van der Waals surface area contributed by atoms with E-state index in [2.05, 4.69) is 5.32 Å². The zero-order chi connectivity index (χ0) is 29.4. The van der Waals surface area contributed by atoms with Crippen LogP contribution in [0.1, 0.15) is 64.2 Å². The van der Waals surface area contributed by atoms with Crippen LogP contribution in [0.5, 0.6) is 0 Å². The van der Waals surface area contributed by atoms with E-state index in [1.54, 1.807) is 12.1 Å². The molecule has 0 spiro atoms. The second kappa shape index (κ2) is 11.2. The zero-order valence-electron chi connectivity index (χ0n) is 23.1. The minimum absolute atomic E-state index is 0.264. The summed E-state index contributed by atoms with van der Waals surface area (Å²) in [5.41, 5.74) is 4.95. The lowest BCUT2D eigenvalue weighted by atomic mass is 9.55. The molecule has 3 aromatic carbocycles. The molecule has 9 nitrogen and oxygen atoms in total. The molecular formula is C33H30N2O7. The second-order valence-electron chi connectivity index (χ2n) is 10.8. The molecule has 42 heavy (non-hydrogen) atoms. The minimum Gasteiger partial charge on any atom is -0.462 e. The Hall–Kier alpha value is -4.79. The van der Waals surface area contributed by atoms with Gasteiger partial charge in [-0.1, -0.05) is 61.9 Å². The highest BCUT2D eigenvalue weighted by Gasteiger charge is 2.61. The topological polar surface area (TPSA) is 119 Å².